The predicted molar refractivity (Wildman–Crippen MR) is 195 cm³/mol. The minimum Gasteiger partial charge on any atom is -0.360 e. The average molecular weight is 806 g/mol. The molecule has 3 heterocycles. The zero-order chi connectivity index (χ0) is 33.3. The summed E-state index contributed by atoms with van der Waals surface area (Å²) in [5, 5.41) is 0. The molecule has 1 aliphatic rings. The van der Waals surface area contributed by atoms with Crippen molar-refractivity contribution < 1.29 is 20.1 Å². The Morgan fingerprint density at radius 2 is 1.38 bits per heavy atom. The number of aromatic nitrogens is 3. The van der Waals surface area contributed by atoms with Crippen LogP contribution >= 0.6 is 0 Å². The third-order valence-corrected chi connectivity index (χ3v) is 9.16. The number of pyridine rings is 3. The molecule has 4 heteroatoms. The van der Waals surface area contributed by atoms with Crippen LogP contribution in [0.25, 0.3) is 44.8 Å². The van der Waals surface area contributed by atoms with Crippen LogP contribution in [0.2, 0.25) is 0 Å². The maximum atomic E-state index is 4.63. The first-order valence-corrected chi connectivity index (χ1v) is 16.4. The van der Waals surface area contributed by atoms with Gasteiger partial charge in [-0.15, -0.1) is 47.0 Å². The van der Waals surface area contributed by atoms with Gasteiger partial charge in [0.2, 0.25) is 0 Å². The Bertz CT molecular complexity index is 2040. The number of benzene rings is 3. The smallest absolute Gasteiger partial charge is 0.0207 e. The first-order chi connectivity index (χ1) is 22.4. The second-order valence-electron chi connectivity index (χ2n) is 14.5. The van der Waals surface area contributed by atoms with Gasteiger partial charge in [-0.25, -0.2) is 0 Å². The molecule has 245 valence electrons. The molecular weight excluding hydrogens is 763 g/mol. The standard InChI is InChI=1S/C25H28N.C19H15N2.Ir/c1-17-7-10-22(24-13-18(2)19(3)16-26-24)14-23(17)21-11-8-20(9-12-21)15-25(4,5)6;1-19(2)16-8-4-3-7-14(16)15-10-18(21-12-17(15)19)13-6-5-9-20-11-13;/h7-9,11-14,16H,15H2,1-6H3;3-10,12H,1-2H3;/q2*-1;. The quantitative estimate of drug-likeness (QED) is 0.167. The number of fused-ring (bicyclic) bond motifs is 3. The average Bonchev–Trinajstić information content (AvgIpc) is 3.29. The maximum absolute atomic E-state index is 4.63. The molecule has 1 aliphatic carbocycles. The zero-order valence-electron chi connectivity index (χ0n) is 29.2. The summed E-state index contributed by atoms with van der Waals surface area (Å²) in [4.78, 5) is 13.3. The van der Waals surface area contributed by atoms with E-state index in [2.05, 4.69) is 155 Å². The number of aryl methyl sites for hydroxylation is 3. The van der Waals surface area contributed by atoms with Crippen LogP contribution in [-0.2, 0) is 31.9 Å². The largest absolute Gasteiger partial charge is 0.360 e. The van der Waals surface area contributed by atoms with Crippen molar-refractivity contribution in [1.82, 2.24) is 15.0 Å². The SMILES string of the molecule is CC1(C)c2ccccc2-c2cc(-c3[c-]nccc3)ncc21.Cc1cnc(-c2[c-]cc(C)c(-c3ccc(CC(C)(C)C)cc3)c2)cc1C.[Ir]. The Balaban J connectivity index is 0.000000187. The Morgan fingerprint density at radius 3 is 2.06 bits per heavy atom. The summed E-state index contributed by atoms with van der Waals surface area (Å²) in [5.41, 5.74) is 17.1. The van der Waals surface area contributed by atoms with Crippen molar-refractivity contribution in [2.24, 2.45) is 5.41 Å². The van der Waals surface area contributed by atoms with E-state index < -0.39 is 0 Å². The van der Waals surface area contributed by atoms with Crippen molar-refractivity contribution in [1.29, 1.82) is 0 Å². The molecular formula is C44H43IrN3-2. The van der Waals surface area contributed by atoms with Crippen LogP contribution in [0, 0.1) is 38.4 Å². The molecule has 0 saturated carbocycles. The van der Waals surface area contributed by atoms with Gasteiger partial charge in [0.05, 0.1) is 0 Å². The Labute approximate surface area is 300 Å². The van der Waals surface area contributed by atoms with Crippen LogP contribution in [0.4, 0.5) is 0 Å². The van der Waals surface area contributed by atoms with Gasteiger partial charge in [-0.3, -0.25) is 0 Å². The second-order valence-corrected chi connectivity index (χ2v) is 14.5. The molecule has 0 N–H and O–H groups in total. The van der Waals surface area contributed by atoms with Gasteiger partial charge < -0.3 is 15.0 Å². The summed E-state index contributed by atoms with van der Waals surface area (Å²) in [6.45, 7) is 17.7. The molecule has 0 aliphatic heterocycles. The van der Waals surface area contributed by atoms with E-state index in [1.807, 2.05) is 24.5 Å². The van der Waals surface area contributed by atoms with Gasteiger partial charge in [0.15, 0.2) is 0 Å². The summed E-state index contributed by atoms with van der Waals surface area (Å²) in [5.74, 6) is 0. The molecule has 0 bridgehead atoms. The molecule has 7 rings (SSSR count). The van der Waals surface area contributed by atoms with Crippen LogP contribution in [0.5, 0.6) is 0 Å². The normalized spacial score (nSPS) is 12.7. The van der Waals surface area contributed by atoms with Crippen molar-refractivity contribution in [3.05, 3.63) is 149 Å². The molecule has 0 fully saturated rings. The topological polar surface area (TPSA) is 38.7 Å². The zero-order valence-corrected chi connectivity index (χ0v) is 31.6. The van der Waals surface area contributed by atoms with Crippen LogP contribution < -0.4 is 0 Å². The van der Waals surface area contributed by atoms with Crippen molar-refractivity contribution in [3.63, 3.8) is 0 Å². The maximum Gasteiger partial charge on any atom is 0.0207 e. The molecule has 0 unspecified atom stereocenters. The van der Waals surface area contributed by atoms with Gasteiger partial charge in [0.1, 0.15) is 0 Å². The second kappa shape index (κ2) is 14.1. The predicted octanol–water partition coefficient (Wildman–Crippen LogP) is 11.0. The fourth-order valence-electron chi connectivity index (χ4n) is 6.41. The summed E-state index contributed by atoms with van der Waals surface area (Å²) in [6, 6.07) is 33.5. The third kappa shape index (κ3) is 7.41. The van der Waals surface area contributed by atoms with Crippen LogP contribution in [-0.4, -0.2) is 15.0 Å². The summed E-state index contributed by atoms with van der Waals surface area (Å²) in [6.07, 6.45) is 9.78. The fourth-order valence-corrected chi connectivity index (χ4v) is 6.41. The number of nitrogens with zero attached hydrogens (tertiary/aromatic N) is 3. The van der Waals surface area contributed by atoms with E-state index >= 15 is 0 Å². The molecule has 3 nitrogen and oxygen atoms in total. The van der Waals surface area contributed by atoms with Crippen molar-refractivity contribution in [3.8, 4) is 44.8 Å². The van der Waals surface area contributed by atoms with Gasteiger partial charge >= 0.3 is 0 Å². The minimum absolute atomic E-state index is 0. The van der Waals surface area contributed by atoms with Crippen molar-refractivity contribution >= 4 is 0 Å². The Kier molecular flexibility index (Phi) is 10.3. The van der Waals surface area contributed by atoms with E-state index in [9.17, 15) is 0 Å². The van der Waals surface area contributed by atoms with Gasteiger partial charge in [-0.1, -0.05) is 120 Å². The number of rotatable bonds is 4. The van der Waals surface area contributed by atoms with Crippen LogP contribution in [0.3, 0.4) is 0 Å². The summed E-state index contributed by atoms with van der Waals surface area (Å²) >= 11 is 0. The van der Waals surface area contributed by atoms with E-state index in [0.717, 1.165) is 28.9 Å². The molecule has 0 atom stereocenters. The molecule has 48 heavy (non-hydrogen) atoms. The van der Waals surface area contributed by atoms with Gasteiger partial charge in [-0.2, -0.15) is 0 Å². The number of hydrogen-bond donors (Lipinski definition) is 0. The molecule has 0 saturated heterocycles. The van der Waals surface area contributed by atoms with Gasteiger partial charge in [-0.05, 0) is 82.2 Å². The van der Waals surface area contributed by atoms with E-state index in [1.165, 1.54) is 55.6 Å². The number of hydrogen-bond acceptors (Lipinski definition) is 3. The van der Waals surface area contributed by atoms with Gasteiger partial charge in [0.25, 0.3) is 0 Å². The van der Waals surface area contributed by atoms with E-state index in [0.29, 0.717) is 5.41 Å². The fraction of sp³-hybridized carbons (Fsp3) is 0.250. The molecule has 0 amide bonds. The van der Waals surface area contributed by atoms with Crippen LogP contribution in [0.15, 0.2) is 104 Å². The minimum atomic E-state index is 0. The molecule has 3 aromatic carbocycles. The van der Waals surface area contributed by atoms with Crippen LogP contribution in [0.1, 0.15) is 68.0 Å². The molecule has 3 aromatic heterocycles. The third-order valence-electron chi connectivity index (χ3n) is 9.16. The van der Waals surface area contributed by atoms with Crippen molar-refractivity contribution in [2.75, 3.05) is 0 Å². The summed E-state index contributed by atoms with van der Waals surface area (Å²) < 4.78 is 0. The first kappa shape index (κ1) is 35.1. The van der Waals surface area contributed by atoms with E-state index in [1.54, 1.807) is 6.20 Å². The Hall–Kier alpha value is -4.24. The van der Waals surface area contributed by atoms with E-state index in [-0.39, 0.29) is 25.5 Å². The summed E-state index contributed by atoms with van der Waals surface area (Å²) in [7, 11) is 0. The Morgan fingerprint density at radius 1 is 0.667 bits per heavy atom. The molecule has 0 spiro atoms. The van der Waals surface area contributed by atoms with Gasteiger partial charge in [0, 0.05) is 37.9 Å². The van der Waals surface area contributed by atoms with Crippen molar-refractivity contribution in [2.45, 2.75) is 67.2 Å². The van der Waals surface area contributed by atoms with E-state index in [4.69, 9.17) is 0 Å². The molecule has 1 radical (unpaired) electrons. The molecule has 6 aromatic rings. The monoisotopic (exact) mass is 806 g/mol. The first-order valence-electron chi connectivity index (χ1n) is 16.4.